The van der Waals surface area contributed by atoms with Crippen LogP contribution in [0, 0.1) is 20.8 Å². The molecule has 0 saturated carbocycles. The molecular weight excluding hydrogens is 230 g/mol. The van der Waals surface area contributed by atoms with Gasteiger partial charge in [-0.3, -0.25) is 4.68 Å². The van der Waals surface area contributed by atoms with Crippen LogP contribution in [0.3, 0.4) is 0 Å². The number of nitrogens with zero attached hydrogens (tertiary/aromatic N) is 2. The van der Waals surface area contributed by atoms with Crippen molar-refractivity contribution < 1.29 is 0 Å². The van der Waals surface area contributed by atoms with E-state index in [0.717, 1.165) is 11.4 Å². The van der Waals surface area contributed by atoms with Gasteiger partial charge in [0, 0.05) is 16.6 Å². The van der Waals surface area contributed by atoms with Crippen LogP contribution in [0.25, 0.3) is 0 Å². The molecule has 17 heavy (non-hydrogen) atoms. The summed E-state index contributed by atoms with van der Waals surface area (Å²) in [5, 5.41) is 6.69. The molecule has 2 heterocycles. The van der Waals surface area contributed by atoms with Gasteiger partial charge < -0.3 is 5.73 Å². The third-order valence-electron chi connectivity index (χ3n) is 2.98. The van der Waals surface area contributed by atoms with E-state index in [9.17, 15) is 0 Å². The van der Waals surface area contributed by atoms with Gasteiger partial charge in [0.05, 0.1) is 5.69 Å². The summed E-state index contributed by atoms with van der Waals surface area (Å²) in [7, 11) is 0. The SMILES string of the molecule is Cc1cc(C)n(C(c2sccc2C)C(C)N)n1. The standard InChI is InChI=1S/C13H19N3S/c1-8-5-6-17-13(8)12(11(4)14)16-10(3)7-9(2)15-16/h5-7,11-12H,14H2,1-4H3. The summed E-state index contributed by atoms with van der Waals surface area (Å²) in [6.45, 7) is 8.27. The van der Waals surface area contributed by atoms with Gasteiger partial charge in [-0.25, -0.2) is 0 Å². The molecule has 0 saturated heterocycles. The maximum absolute atomic E-state index is 6.15. The van der Waals surface area contributed by atoms with Crippen molar-refractivity contribution in [1.82, 2.24) is 9.78 Å². The number of aryl methyl sites for hydroxylation is 3. The summed E-state index contributed by atoms with van der Waals surface area (Å²) in [6.07, 6.45) is 0. The summed E-state index contributed by atoms with van der Waals surface area (Å²) in [5.41, 5.74) is 9.66. The van der Waals surface area contributed by atoms with Crippen molar-refractivity contribution in [3.63, 3.8) is 0 Å². The zero-order valence-corrected chi connectivity index (χ0v) is 11.6. The second-order valence-corrected chi connectivity index (χ2v) is 5.59. The molecule has 2 aromatic heterocycles. The van der Waals surface area contributed by atoms with E-state index >= 15 is 0 Å². The van der Waals surface area contributed by atoms with E-state index in [-0.39, 0.29) is 12.1 Å². The number of hydrogen-bond acceptors (Lipinski definition) is 3. The van der Waals surface area contributed by atoms with Crippen molar-refractivity contribution in [2.24, 2.45) is 5.73 Å². The van der Waals surface area contributed by atoms with E-state index in [1.54, 1.807) is 11.3 Å². The number of hydrogen-bond donors (Lipinski definition) is 1. The molecule has 0 radical (unpaired) electrons. The van der Waals surface area contributed by atoms with Crippen molar-refractivity contribution in [2.75, 3.05) is 0 Å². The molecule has 0 aliphatic carbocycles. The maximum atomic E-state index is 6.15. The molecular formula is C13H19N3S. The largest absolute Gasteiger partial charge is 0.326 e. The van der Waals surface area contributed by atoms with Crippen molar-refractivity contribution in [3.8, 4) is 0 Å². The van der Waals surface area contributed by atoms with Gasteiger partial charge in [-0.1, -0.05) is 0 Å². The lowest BCUT2D eigenvalue weighted by Crippen LogP contribution is -2.31. The zero-order chi connectivity index (χ0) is 12.6. The van der Waals surface area contributed by atoms with E-state index in [4.69, 9.17) is 5.73 Å². The second-order valence-electron chi connectivity index (χ2n) is 4.64. The molecule has 2 aromatic rings. The molecule has 0 fully saturated rings. The summed E-state index contributed by atoms with van der Waals surface area (Å²) >= 11 is 1.76. The van der Waals surface area contributed by atoms with E-state index in [1.807, 2.05) is 13.8 Å². The molecule has 3 nitrogen and oxygen atoms in total. The van der Waals surface area contributed by atoms with Crippen LogP contribution in [-0.4, -0.2) is 15.8 Å². The molecule has 0 aliphatic rings. The zero-order valence-electron chi connectivity index (χ0n) is 10.8. The fourth-order valence-corrected chi connectivity index (χ4v) is 3.31. The Bertz CT molecular complexity index is 510. The second kappa shape index (κ2) is 4.63. The average molecular weight is 249 g/mol. The highest BCUT2D eigenvalue weighted by atomic mass is 32.1. The highest BCUT2D eigenvalue weighted by Crippen LogP contribution is 2.29. The smallest absolute Gasteiger partial charge is 0.101 e. The van der Waals surface area contributed by atoms with Crippen LogP contribution in [0.5, 0.6) is 0 Å². The number of thiophene rings is 1. The lowest BCUT2D eigenvalue weighted by Gasteiger charge is -2.22. The van der Waals surface area contributed by atoms with Gasteiger partial charge >= 0.3 is 0 Å². The Hall–Kier alpha value is -1.13. The molecule has 2 atom stereocenters. The minimum absolute atomic E-state index is 0.0466. The lowest BCUT2D eigenvalue weighted by molar-refractivity contribution is 0.448. The fourth-order valence-electron chi connectivity index (χ4n) is 2.19. The minimum atomic E-state index is 0.0466. The van der Waals surface area contributed by atoms with Crippen LogP contribution in [-0.2, 0) is 0 Å². The van der Waals surface area contributed by atoms with Gasteiger partial charge in [-0.2, -0.15) is 5.10 Å². The molecule has 2 rings (SSSR count). The molecule has 2 unspecified atom stereocenters. The van der Waals surface area contributed by atoms with Crippen molar-refractivity contribution in [1.29, 1.82) is 0 Å². The Labute approximate surface area is 106 Å². The Kier molecular flexibility index (Phi) is 3.35. The number of aromatic nitrogens is 2. The van der Waals surface area contributed by atoms with Gasteiger partial charge in [0.25, 0.3) is 0 Å². The molecule has 0 amide bonds. The molecule has 4 heteroatoms. The Morgan fingerprint density at radius 1 is 1.35 bits per heavy atom. The summed E-state index contributed by atoms with van der Waals surface area (Å²) < 4.78 is 2.05. The Morgan fingerprint density at radius 2 is 2.06 bits per heavy atom. The minimum Gasteiger partial charge on any atom is -0.326 e. The van der Waals surface area contributed by atoms with Crippen molar-refractivity contribution in [2.45, 2.75) is 39.8 Å². The molecule has 0 aliphatic heterocycles. The van der Waals surface area contributed by atoms with Crippen molar-refractivity contribution >= 4 is 11.3 Å². The monoisotopic (exact) mass is 249 g/mol. The number of nitrogens with two attached hydrogens (primary N) is 1. The van der Waals surface area contributed by atoms with Gasteiger partial charge in [0.1, 0.15) is 6.04 Å². The first-order valence-corrected chi connectivity index (χ1v) is 6.71. The fraction of sp³-hybridized carbons (Fsp3) is 0.462. The van der Waals surface area contributed by atoms with Crippen LogP contribution in [0.15, 0.2) is 17.5 Å². The van der Waals surface area contributed by atoms with Crippen molar-refractivity contribution in [3.05, 3.63) is 39.3 Å². The Balaban J connectivity index is 2.50. The summed E-state index contributed by atoms with van der Waals surface area (Å²) in [5.74, 6) is 0. The van der Waals surface area contributed by atoms with E-state index in [1.165, 1.54) is 10.4 Å². The molecule has 0 aromatic carbocycles. The normalized spacial score (nSPS) is 14.9. The third-order valence-corrected chi connectivity index (χ3v) is 4.07. The van der Waals surface area contributed by atoms with E-state index in [2.05, 4.69) is 41.1 Å². The first-order chi connectivity index (χ1) is 8.00. The first-order valence-electron chi connectivity index (χ1n) is 5.83. The Morgan fingerprint density at radius 3 is 2.47 bits per heavy atom. The molecule has 0 spiro atoms. The molecule has 92 valence electrons. The van der Waals surface area contributed by atoms with Gasteiger partial charge in [-0.05, 0) is 50.8 Å². The topological polar surface area (TPSA) is 43.8 Å². The van der Waals surface area contributed by atoms with E-state index in [0.29, 0.717) is 0 Å². The van der Waals surface area contributed by atoms with E-state index < -0.39 is 0 Å². The summed E-state index contributed by atoms with van der Waals surface area (Å²) in [4.78, 5) is 1.31. The highest BCUT2D eigenvalue weighted by molar-refractivity contribution is 7.10. The lowest BCUT2D eigenvalue weighted by atomic mass is 10.1. The van der Waals surface area contributed by atoms with Crippen LogP contribution in [0.1, 0.15) is 34.8 Å². The van der Waals surface area contributed by atoms with Gasteiger partial charge in [0.15, 0.2) is 0 Å². The van der Waals surface area contributed by atoms with Crippen LogP contribution < -0.4 is 5.73 Å². The first kappa shape index (κ1) is 12.3. The average Bonchev–Trinajstić information content (AvgIpc) is 2.75. The highest BCUT2D eigenvalue weighted by Gasteiger charge is 2.23. The maximum Gasteiger partial charge on any atom is 0.101 e. The predicted molar refractivity (Wildman–Crippen MR) is 72.5 cm³/mol. The van der Waals surface area contributed by atoms with Crippen LogP contribution in [0.2, 0.25) is 0 Å². The van der Waals surface area contributed by atoms with Crippen LogP contribution >= 0.6 is 11.3 Å². The number of rotatable bonds is 3. The predicted octanol–water partition coefficient (Wildman–Crippen LogP) is 2.81. The van der Waals surface area contributed by atoms with Gasteiger partial charge in [-0.15, -0.1) is 11.3 Å². The molecule has 2 N–H and O–H groups in total. The third kappa shape index (κ3) is 2.28. The van der Waals surface area contributed by atoms with Gasteiger partial charge in [0.2, 0.25) is 0 Å². The quantitative estimate of drug-likeness (QED) is 0.909. The molecule has 0 bridgehead atoms. The summed E-state index contributed by atoms with van der Waals surface area (Å²) in [6, 6.07) is 4.42. The van der Waals surface area contributed by atoms with Crippen LogP contribution in [0.4, 0.5) is 0 Å².